The Morgan fingerprint density at radius 3 is 2.44 bits per heavy atom. The molecule has 1 saturated heterocycles. The van der Waals surface area contributed by atoms with Gasteiger partial charge in [-0.15, -0.1) is 0 Å². The fourth-order valence-corrected chi connectivity index (χ4v) is 2.49. The van der Waals surface area contributed by atoms with Crippen LogP contribution in [0, 0.1) is 0 Å². The molecule has 2 fully saturated rings. The van der Waals surface area contributed by atoms with E-state index in [9.17, 15) is 9.59 Å². The second-order valence-corrected chi connectivity index (χ2v) is 4.64. The quantitative estimate of drug-likeness (QED) is 0.668. The maximum atomic E-state index is 11.8. The first-order valence-electron chi connectivity index (χ1n) is 5.90. The largest absolute Gasteiger partial charge is 0.448 e. The number of primary amides is 1. The lowest BCUT2D eigenvalue weighted by Gasteiger charge is -2.26. The van der Waals surface area contributed by atoms with Crippen LogP contribution in [0.1, 0.15) is 38.5 Å². The molecule has 0 aromatic heterocycles. The Bertz CT molecular complexity index is 292. The van der Waals surface area contributed by atoms with E-state index in [0.717, 1.165) is 32.2 Å². The molecule has 0 aromatic rings. The number of amides is 1. The van der Waals surface area contributed by atoms with Crippen molar-refractivity contribution in [3.05, 3.63) is 0 Å². The van der Waals surface area contributed by atoms with E-state index in [2.05, 4.69) is 5.32 Å². The van der Waals surface area contributed by atoms with E-state index in [1.807, 2.05) is 0 Å². The van der Waals surface area contributed by atoms with Gasteiger partial charge in [0.1, 0.15) is 6.04 Å². The van der Waals surface area contributed by atoms with Crippen LogP contribution >= 0.6 is 0 Å². The van der Waals surface area contributed by atoms with Crippen molar-refractivity contribution in [3.8, 4) is 0 Å². The highest BCUT2D eigenvalue weighted by Gasteiger charge is 2.44. The summed E-state index contributed by atoms with van der Waals surface area (Å²) in [6, 6.07) is -0.253. The van der Waals surface area contributed by atoms with Crippen LogP contribution in [-0.4, -0.2) is 30.1 Å². The number of nitrogens with two attached hydrogens (primary N) is 1. The zero-order chi connectivity index (χ0) is 11.6. The molecule has 0 radical (unpaired) electrons. The lowest BCUT2D eigenvalue weighted by molar-refractivity contribution is -0.168. The first-order valence-corrected chi connectivity index (χ1v) is 5.90. The zero-order valence-electron chi connectivity index (χ0n) is 9.33. The van der Waals surface area contributed by atoms with Crippen molar-refractivity contribution in [2.24, 2.45) is 5.73 Å². The van der Waals surface area contributed by atoms with Gasteiger partial charge in [0.05, 0.1) is 0 Å². The second kappa shape index (κ2) is 4.41. The van der Waals surface area contributed by atoms with E-state index in [0.29, 0.717) is 12.8 Å². The molecular formula is C11H18N2O3. The van der Waals surface area contributed by atoms with E-state index in [1.165, 1.54) is 0 Å². The topological polar surface area (TPSA) is 81.4 Å². The Hall–Kier alpha value is -1.10. The minimum Gasteiger partial charge on any atom is -0.448 e. The van der Waals surface area contributed by atoms with Crippen molar-refractivity contribution >= 4 is 11.9 Å². The number of hydrogen-bond acceptors (Lipinski definition) is 4. The Morgan fingerprint density at radius 1 is 1.25 bits per heavy atom. The molecule has 5 nitrogen and oxygen atoms in total. The van der Waals surface area contributed by atoms with Gasteiger partial charge in [0.2, 0.25) is 0 Å². The third kappa shape index (κ3) is 2.04. The van der Waals surface area contributed by atoms with Crippen molar-refractivity contribution in [2.45, 2.75) is 50.2 Å². The first kappa shape index (κ1) is 11.4. The Morgan fingerprint density at radius 2 is 1.94 bits per heavy atom. The van der Waals surface area contributed by atoms with Gasteiger partial charge < -0.3 is 15.8 Å². The van der Waals surface area contributed by atoms with Crippen molar-refractivity contribution in [1.82, 2.24) is 5.32 Å². The SMILES string of the molecule is NC(=O)C1(OC(=O)C2CCCN2)CCCC1. The highest BCUT2D eigenvalue weighted by Crippen LogP contribution is 2.33. The molecule has 1 atom stereocenters. The zero-order valence-corrected chi connectivity index (χ0v) is 9.33. The molecule has 1 unspecified atom stereocenters. The van der Waals surface area contributed by atoms with Crippen LogP contribution in [0.5, 0.6) is 0 Å². The molecule has 1 saturated carbocycles. The smallest absolute Gasteiger partial charge is 0.324 e. The molecule has 1 amide bonds. The van der Waals surface area contributed by atoms with Gasteiger partial charge in [0, 0.05) is 0 Å². The monoisotopic (exact) mass is 226 g/mol. The molecule has 0 bridgehead atoms. The van der Waals surface area contributed by atoms with Crippen LogP contribution in [-0.2, 0) is 14.3 Å². The van der Waals surface area contributed by atoms with Gasteiger partial charge in [-0.3, -0.25) is 9.59 Å². The summed E-state index contributed by atoms with van der Waals surface area (Å²) >= 11 is 0. The summed E-state index contributed by atoms with van der Waals surface area (Å²) in [5.41, 5.74) is 4.32. The van der Waals surface area contributed by atoms with Crippen LogP contribution in [0.15, 0.2) is 0 Å². The number of nitrogens with one attached hydrogen (secondary N) is 1. The predicted molar refractivity (Wildman–Crippen MR) is 57.5 cm³/mol. The first-order chi connectivity index (χ1) is 7.64. The minimum absolute atomic E-state index is 0.253. The molecule has 0 aromatic carbocycles. The summed E-state index contributed by atoms with van der Waals surface area (Å²) in [7, 11) is 0. The molecule has 0 spiro atoms. The molecule has 1 aliphatic heterocycles. The summed E-state index contributed by atoms with van der Waals surface area (Å²) < 4.78 is 5.37. The second-order valence-electron chi connectivity index (χ2n) is 4.64. The summed E-state index contributed by atoms with van der Waals surface area (Å²) in [5.74, 6) is -0.824. The van der Waals surface area contributed by atoms with E-state index < -0.39 is 11.5 Å². The predicted octanol–water partition coefficient (Wildman–Crippen LogP) is 0.0797. The van der Waals surface area contributed by atoms with E-state index in [1.54, 1.807) is 0 Å². The number of hydrogen-bond donors (Lipinski definition) is 2. The lowest BCUT2D eigenvalue weighted by Crippen LogP contribution is -2.48. The normalized spacial score (nSPS) is 27.9. The van der Waals surface area contributed by atoms with Crippen LogP contribution in [0.4, 0.5) is 0 Å². The van der Waals surface area contributed by atoms with Gasteiger partial charge in [0.25, 0.3) is 5.91 Å². The van der Waals surface area contributed by atoms with E-state index in [-0.39, 0.29) is 12.0 Å². The molecule has 90 valence electrons. The summed E-state index contributed by atoms with van der Waals surface area (Å²) in [6.07, 6.45) is 4.70. The van der Waals surface area contributed by atoms with Gasteiger partial charge in [-0.25, -0.2) is 0 Å². The molecule has 1 heterocycles. The van der Waals surface area contributed by atoms with Crippen LogP contribution in [0.25, 0.3) is 0 Å². The average molecular weight is 226 g/mol. The standard InChI is InChI=1S/C11H18N2O3/c12-10(15)11(5-1-2-6-11)16-9(14)8-4-3-7-13-8/h8,13H,1-7H2,(H2,12,15). The maximum Gasteiger partial charge on any atom is 0.324 e. The Labute approximate surface area is 94.7 Å². The maximum absolute atomic E-state index is 11.8. The van der Waals surface area contributed by atoms with Crippen molar-refractivity contribution in [2.75, 3.05) is 6.54 Å². The van der Waals surface area contributed by atoms with Gasteiger partial charge in [0.15, 0.2) is 5.60 Å². The molecule has 5 heteroatoms. The average Bonchev–Trinajstić information content (AvgIpc) is 2.88. The fourth-order valence-electron chi connectivity index (χ4n) is 2.49. The van der Waals surface area contributed by atoms with Crippen LogP contribution in [0.2, 0.25) is 0 Å². The number of carbonyl (C=O) groups excluding carboxylic acids is 2. The van der Waals surface area contributed by atoms with E-state index >= 15 is 0 Å². The number of carbonyl (C=O) groups is 2. The van der Waals surface area contributed by atoms with Gasteiger partial charge in [-0.05, 0) is 45.1 Å². The van der Waals surface area contributed by atoms with Gasteiger partial charge >= 0.3 is 5.97 Å². The highest BCUT2D eigenvalue weighted by molar-refractivity contribution is 5.88. The van der Waals surface area contributed by atoms with Crippen LogP contribution < -0.4 is 11.1 Å². The Kier molecular flexibility index (Phi) is 3.14. The Balaban J connectivity index is 2.00. The summed E-state index contributed by atoms with van der Waals surface area (Å²) in [6.45, 7) is 0.837. The molecule has 2 rings (SSSR count). The van der Waals surface area contributed by atoms with Crippen molar-refractivity contribution < 1.29 is 14.3 Å². The van der Waals surface area contributed by atoms with Gasteiger partial charge in [-0.1, -0.05) is 0 Å². The fraction of sp³-hybridized carbons (Fsp3) is 0.818. The molecule has 2 aliphatic rings. The summed E-state index contributed by atoms with van der Waals surface area (Å²) in [4.78, 5) is 23.2. The molecule has 16 heavy (non-hydrogen) atoms. The number of rotatable bonds is 3. The number of ether oxygens (including phenoxy) is 1. The van der Waals surface area contributed by atoms with Crippen molar-refractivity contribution in [3.63, 3.8) is 0 Å². The lowest BCUT2D eigenvalue weighted by atomic mass is 10.0. The number of esters is 1. The van der Waals surface area contributed by atoms with Crippen LogP contribution in [0.3, 0.4) is 0 Å². The molecule has 1 aliphatic carbocycles. The van der Waals surface area contributed by atoms with E-state index in [4.69, 9.17) is 10.5 Å². The molecule has 3 N–H and O–H groups in total. The summed E-state index contributed by atoms with van der Waals surface area (Å²) in [5, 5.41) is 3.06. The van der Waals surface area contributed by atoms with Gasteiger partial charge in [-0.2, -0.15) is 0 Å². The minimum atomic E-state index is -1.03. The third-order valence-electron chi connectivity index (χ3n) is 3.50. The third-order valence-corrected chi connectivity index (χ3v) is 3.50. The highest BCUT2D eigenvalue weighted by atomic mass is 16.6. The van der Waals surface area contributed by atoms with Crippen molar-refractivity contribution in [1.29, 1.82) is 0 Å². The molecular weight excluding hydrogens is 208 g/mol.